The van der Waals surface area contributed by atoms with E-state index in [1.807, 2.05) is 55.5 Å². The number of carbonyl (C=O) groups excluding carboxylic acids is 1. The molecule has 0 bridgehead atoms. The number of nitrogens with zero attached hydrogens (tertiary/aromatic N) is 3. The summed E-state index contributed by atoms with van der Waals surface area (Å²) in [6.07, 6.45) is -0.445. The smallest absolute Gasteiger partial charge is 0.344 e. The van der Waals surface area contributed by atoms with Gasteiger partial charge in [0.1, 0.15) is 28.8 Å². The lowest BCUT2D eigenvalue weighted by Gasteiger charge is -2.14. The molecule has 0 amide bonds. The molecule has 8 heteroatoms. The average molecular weight is 420 g/mol. The lowest BCUT2D eigenvalue weighted by Crippen LogP contribution is -2.20. The molecule has 1 atom stereocenters. The van der Waals surface area contributed by atoms with Gasteiger partial charge < -0.3 is 19.9 Å². The number of ether oxygens (including phenoxy) is 3. The minimum Gasteiger partial charge on any atom is -0.492 e. The van der Waals surface area contributed by atoms with Crippen molar-refractivity contribution < 1.29 is 19.0 Å². The number of para-hydroxylation sites is 4. The van der Waals surface area contributed by atoms with E-state index >= 15 is 0 Å². The summed E-state index contributed by atoms with van der Waals surface area (Å²) in [5, 5.41) is 0. The predicted molar refractivity (Wildman–Crippen MR) is 119 cm³/mol. The highest BCUT2D eigenvalue weighted by Crippen LogP contribution is 2.35. The molecule has 2 heterocycles. The van der Waals surface area contributed by atoms with Crippen LogP contribution in [0, 0.1) is 0 Å². The summed E-state index contributed by atoms with van der Waals surface area (Å²) in [6.45, 7) is 4.41. The molecule has 2 aromatic heterocycles. The van der Waals surface area contributed by atoms with Gasteiger partial charge >= 0.3 is 5.97 Å². The second-order valence-electron chi connectivity index (χ2n) is 7.05. The van der Waals surface area contributed by atoms with Crippen molar-refractivity contribution in [1.29, 1.82) is 0 Å². The van der Waals surface area contributed by atoms with Crippen LogP contribution >= 0.6 is 0 Å². The largest absolute Gasteiger partial charge is 0.492 e. The van der Waals surface area contributed by atoms with Crippen LogP contribution < -0.4 is 10.5 Å². The van der Waals surface area contributed by atoms with E-state index in [0.29, 0.717) is 40.2 Å². The van der Waals surface area contributed by atoms with Crippen molar-refractivity contribution in [3.63, 3.8) is 0 Å². The molecule has 0 aliphatic rings. The summed E-state index contributed by atoms with van der Waals surface area (Å²) in [4.78, 5) is 22.6. The van der Waals surface area contributed by atoms with Gasteiger partial charge in [0.15, 0.2) is 5.65 Å². The van der Waals surface area contributed by atoms with E-state index in [1.165, 1.54) is 0 Å². The Kier molecular flexibility index (Phi) is 5.73. The topological polar surface area (TPSA) is 101 Å². The minimum atomic E-state index is -0.579. The van der Waals surface area contributed by atoms with E-state index in [2.05, 4.69) is 0 Å². The van der Waals surface area contributed by atoms with Crippen LogP contribution in [0.25, 0.3) is 27.9 Å². The third kappa shape index (κ3) is 3.77. The van der Waals surface area contributed by atoms with E-state index in [4.69, 9.17) is 29.9 Å². The summed E-state index contributed by atoms with van der Waals surface area (Å²) < 4.78 is 18.1. The SMILES string of the molecule is CCOc1ccccc1-n1c(N)c(C(=O)O[C@H](C)COC)c2nc3ccccc3nc21. The normalized spacial score (nSPS) is 12.2. The first kappa shape index (κ1) is 20.6. The number of esters is 1. The van der Waals surface area contributed by atoms with Gasteiger partial charge in [-0.3, -0.25) is 4.57 Å². The summed E-state index contributed by atoms with van der Waals surface area (Å²) in [5.41, 5.74) is 9.53. The van der Waals surface area contributed by atoms with Crippen LogP contribution in [0.2, 0.25) is 0 Å². The number of hydrogen-bond acceptors (Lipinski definition) is 7. The molecule has 0 aliphatic heterocycles. The first-order valence-corrected chi connectivity index (χ1v) is 10.0. The zero-order valence-corrected chi connectivity index (χ0v) is 17.7. The molecular weight excluding hydrogens is 396 g/mol. The Balaban J connectivity index is 1.99. The van der Waals surface area contributed by atoms with E-state index in [0.717, 1.165) is 0 Å². The van der Waals surface area contributed by atoms with E-state index in [1.54, 1.807) is 18.6 Å². The molecule has 0 radical (unpaired) electrons. The van der Waals surface area contributed by atoms with Gasteiger partial charge in [-0.05, 0) is 38.1 Å². The Morgan fingerprint density at radius 2 is 1.77 bits per heavy atom. The summed E-state index contributed by atoms with van der Waals surface area (Å²) in [6, 6.07) is 14.9. The average Bonchev–Trinajstić information content (AvgIpc) is 3.03. The number of anilines is 1. The molecule has 4 rings (SSSR count). The van der Waals surface area contributed by atoms with Gasteiger partial charge in [-0.25, -0.2) is 14.8 Å². The van der Waals surface area contributed by atoms with Crippen molar-refractivity contribution in [3.8, 4) is 11.4 Å². The number of methoxy groups -OCH3 is 1. The minimum absolute atomic E-state index is 0.169. The van der Waals surface area contributed by atoms with Crippen molar-refractivity contribution >= 4 is 34.0 Å². The zero-order valence-electron chi connectivity index (χ0n) is 17.7. The maximum Gasteiger partial charge on any atom is 0.344 e. The Bertz CT molecular complexity index is 1250. The molecule has 2 N–H and O–H groups in total. The fourth-order valence-electron chi connectivity index (χ4n) is 3.54. The van der Waals surface area contributed by atoms with Gasteiger partial charge in [-0.2, -0.15) is 0 Å². The second-order valence-corrected chi connectivity index (χ2v) is 7.05. The Morgan fingerprint density at radius 1 is 1.10 bits per heavy atom. The van der Waals surface area contributed by atoms with Gasteiger partial charge in [0.2, 0.25) is 0 Å². The number of carbonyl (C=O) groups is 1. The maximum absolute atomic E-state index is 13.1. The van der Waals surface area contributed by atoms with Gasteiger partial charge in [-0.15, -0.1) is 0 Å². The molecule has 8 nitrogen and oxygen atoms in total. The predicted octanol–water partition coefficient (Wildman–Crippen LogP) is 3.75. The molecule has 0 aliphatic carbocycles. The molecule has 4 aromatic rings. The second kappa shape index (κ2) is 8.61. The molecule has 0 unspecified atom stereocenters. The highest BCUT2D eigenvalue weighted by Gasteiger charge is 2.28. The van der Waals surface area contributed by atoms with Crippen molar-refractivity contribution in [2.75, 3.05) is 26.1 Å². The van der Waals surface area contributed by atoms with Gasteiger partial charge in [-0.1, -0.05) is 24.3 Å². The van der Waals surface area contributed by atoms with Crippen LogP contribution in [0.5, 0.6) is 5.75 Å². The third-order valence-corrected chi connectivity index (χ3v) is 4.82. The van der Waals surface area contributed by atoms with Crippen molar-refractivity contribution in [2.24, 2.45) is 0 Å². The lowest BCUT2D eigenvalue weighted by atomic mass is 10.2. The summed E-state index contributed by atoms with van der Waals surface area (Å²) >= 11 is 0. The number of nitrogen functional groups attached to an aromatic ring is 1. The van der Waals surface area contributed by atoms with Crippen LogP contribution in [-0.2, 0) is 9.47 Å². The first-order valence-electron chi connectivity index (χ1n) is 10.0. The maximum atomic E-state index is 13.1. The molecule has 160 valence electrons. The zero-order chi connectivity index (χ0) is 22.0. The monoisotopic (exact) mass is 420 g/mol. The molecule has 31 heavy (non-hydrogen) atoms. The third-order valence-electron chi connectivity index (χ3n) is 4.82. The number of aromatic nitrogens is 3. The molecule has 2 aromatic carbocycles. The van der Waals surface area contributed by atoms with Gasteiger partial charge in [0.05, 0.1) is 29.9 Å². The van der Waals surface area contributed by atoms with Gasteiger partial charge in [0, 0.05) is 7.11 Å². The van der Waals surface area contributed by atoms with Crippen molar-refractivity contribution in [2.45, 2.75) is 20.0 Å². The summed E-state index contributed by atoms with van der Waals surface area (Å²) in [5.74, 6) is 0.229. The van der Waals surface area contributed by atoms with Crippen LogP contribution in [0.3, 0.4) is 0 Å². The molecule has 0 fully saturated rings. The standard InChI is InChI=1S/C23H24N4O4/c1-4-30-18-12-8-7-11-17(18)27-21(24)19(23(28)31-14(2)13-29-3)20-22(27)26-16-10-6-5-9-15(16)25-20/h5-12,14H,4,13,24H2,1-3H3/t14-/m1/s1. The van der Waals surface area contributed by atoms with Crippen LogP contribution in [-0.4, -0.2) is 46.9 Å². The van der Waals surface area contributed by atoms with E-state index in [9.17, 15) is 4.79 Å². The Morgan fingerprint density at radius 3 is 2.48 bits per heavy atom. The Labute approximate surface area is 179 Å². The van der Waals surface area contributed by atoms with Crippen LogP contribution in [0.15, 0.2) is 48.5 Å². The first-order chi connectivity index (χ1) is 15.0. The molecular formula is C23H24N4O4. The number of nitrogens with two attached hydrogens (primary N) is 1. The van der Waals surface area contributed by atoms with Crippen molar-refractivity contribution in [1.82, 2.24) is 14.5 Å². The Hall–Kier alpha value is -3.65. The van der Waals surface area contributed by atoms with Crippen LogP contribution in [0.1, 0.15) is 24.2 Å². The van der Waals surface area contributed by atoms with E-state index in [-0.39, 0.29) is 18.0 Å². The van der Waals surface area contributed by atoms with Crippen LogP contribution in [0.4, 0.5) is 5.82 Å². The number of benzene rings is 2. The number of rotatable bonds is 7. The highest BCUT2D eigenvalue weighted by atomic mass is 16.6. The number of fused-ring (bicyclic) bond motifs is 2. The van der Waals surface area contributed by atoms with E-state index < -0.39 is 12.1 Å². The summed E-state index contributed by atoms with van der Waals surface area (Å²) in [7, 11) is 1.55. The lowest BCUT2D eigenvalue weighted by molar-refractivity contribution is 0.0123. The van der Waals surface area contributed by atoms with Crippen molar-refractivity contribution in [3.05, 3.63) is 54.1 Å². The molecule has 0 saturated heterocycles. The molecule has 0 saturated carbocycles. The highest BCUT2D eigenvalue weighted by molar-refractivity contribution is 6.09. The fourth-order valence-corrected chi connectivity index (χ4v) is 3.54. The van der Waals surface area contributed by atoms with Gasteiger partial charge in [0.25, 0.3) is 0 Å². The number of hydrogen-bond donors (Lipinski definition) is 1. The quantitative estimate of drug-likeness (QED) is 0.454. The molecule has 0 spiro atoms. The fraction of sp³-hybridized carbons (Fsp3) is 0.261.